The van der Waals surface area contributed by atoms with Gasteiger partial charge in [-0.2, -0.15) is 0 Å². The predicted molar refractivity (Wildman–Crippen MR) is 37.7 cm³/mol. The smallest absolute Gasteiger partial charge is 0.220 e. The minimum absolute atomic E-state index is 0.121. The van der Waals surface area contributed by atoms with E-state index in [1.54, 1.807) is 0 Å². The maximum atomic E-state index is 10.8. The van der Waals surface area contributed by atoms with Gasteiger partial charge in [0.05, 0.1) is 12.6 Å². The molecule has 1 aliphatic heterocycles. The second kappa shape index (κ2) is 3.56. The second-order valence-corrected chi connectivity index (χ2v) is 2.48. The number of amides is 1. The third-order valence-corrected chi connectivity index (χ3v) is 1.62. The van der Waals surface area contributed by atoms with E-state index in [1.807, 2.05) is 6.92 Å². The van der Waals surface area contributed by atoms with Crippen LogP contribution in [0.5, 0.6) is 0 Å². The van der Waals surface area contributed by atoms with E-state index in [9.17, 15) is 4.79 Å². The lowest BCUT2D eigenvalue weighted by atomic mass is 10.2. The van der Waals surface area contributed by atoms with Crippen molar-refractivity contribution in [1.82, 2.24) is 5.32 Å². The van der Waals surface area contributed by atoms with E-state index in [-0.39, 0.29) is 11.9 Å². The fourth-order valence-corrected chi connectivity index (χ4v) is 0.978. The maximum Gasteiger partial charge on any atom is 0.220 e. The van der Waals surface area contributed by atoms with Gasteiger partial charge in [0.2, 0.25) is 5.91 Å². The van der Waals surface area contributed by atoms with Gasteiger partial charge in [-0.05, 0) is 6.42 Å². The lowest BCUT2D eigenvalue weighted by Gasteiger charge is -2.08. The number of hydrogen-bond donors (Lipinski definition) is 1. The van der Waals surface area contributed by atoms with Gasteiger partial charge in [-0.15, -0.1) is 0 Å². The summed E-state index contributed by atoms with van der Waals surface area (Å²) < 4.78 is 5.09. The van der Waals surface area contributed by atoms with Crippen molar-refractivity contribution in [1.29, 1.82) is 0 Å². The van der Waals surface area contributed by atoms with Crippen LogP contribution in [0, 0.1) is 0 Å². The van der Waals surface area contributed by atoms with E-state index in [0.29, 0.717) is 13.0 Å². The van der Waals surface area contributed by atoms with E-state index < -0.39 is 0 Å². The molecule has 1 amide bonds. The Kier molecular flexibility index (Phi) is 2.68. The van der Waals surface area contributed by atoms with Crippen molar-refractivity contribution in [3.05, 3.63) is 0 Å². The van der Waals surface area contributed by atoms with Gasteiger partial charge in [-0.1, -0.05) is 6.92 Å². The Morgan fingerprint density at radius 1 is 1.80 bits per heavy atom. The third kappa shape index (κ3) is 1.99. The van der Waals surface area contributed by atoms with Crippen LogP contribution in [0.4, 0.5) is 0 Å². The molecule has 1 fully saturated rings. The first-order valence-corrected chi connectivity index (χ1v) is 3.70. The van der Waals surface area contributed by atoms with E-state index in [4.69, 9.17) is 4.74 Å². The van der Waals surface area contributed by atoms with Crippen molar-refractivity contribution in [2.45, 2.75) is 25.8 Å². The summed E-state index contributed by atoms with van der Waals surface area (Å²) in [6, 6.07) is 0.271. The van der Waals surface area contributed by atoms with Crippen LogP contribution in [-0.4, -0.2) is 25.2 Å². The lowest BCUT2D eigenvalue weighted by molar-refractivity contribution is -0.121. The summed E-state index contributed by atoms with van der Waals surface area (Å²) in [5.41, 5.74) is 0. The largest absolute Gasteiger partial charge is 0.379 e. The highest BCUT2D eigenvalue weighted by Crippen LogP contribution is 2.02. The highest BCUT2D eigenvalue weighted by atomic mass is 16.5. The fourth-order valence-electron chi connectivity index (χ4n) is 0.978. The summed E-state index contributed by atoms with van der Waals surface area (Å²) in [7, 11) is 0. The molecule has 1 rings (SSSR count). The molecule has 1 aliphatic rings. The van der Waals surface area contributed by atoms with Crippen LogP contribution in [0.1, 0.15) is 19.8 Å². The van der Waals surface area contributed by atoms with Gasteiger partial charge in [0.25, 0.3) is 0 Å². The highest BCUT2D eigenvalue weighted by Gasteiger charge is 2.16. The van der Waals surface area contributed by atoms with Crippen LogP contribution in [0.15, 0.2) is 0 Å². The summed E-state index contributed by atoms with van der Waals surface area (Å²) in [4.78, 5) is 10.8. The molecule has 0 aliphatic carbocycles. The zero-order chi connectivity index (χ0) is 7.40. The second-order valence-electron chi connectivity index (χ2n) is 2.48. The maximum absolute atomic E-state index is 10.8. The normalized spacial score (nSPS) is 24.7. The molecule has 0 radical (unpaired) electrons. The Bertz CT molecular complexity index is 119. The summed E-state index contributed by atoms with van der Waals surface area (Å²) in [6.45, 7) is 3.32. The van der Waals surface area contributed by atoms with Crippen LogP contribution >= 0.6 is 0 Å². The monoisotopic (exact) mass is 143 g/mol. The van der Waals surface area contributed by atoms with Crippen molar-refractivity contribution in [2.24, 2.45) is 0 Å². The molecule has 1 saturated heterocycles. The SMILES string of the molecule is CCC(=O)N[C@H]1CCOC1. The lowest BCUT2D eigenvalue weighted by Crippen LogP contribution is -2.34. The molecule has 1 heterocycles. The molecule has 0 spiro atoms. The van der Waals surface area contributed by atoms with Crippen LogP contribution in [0.2, 0.25) is 0 Å². The summed E-state index contributed by atoms with van der Waals surface area (Å²) in [5, 5.41) is 2.86. The molecule has 3 nitrogen and oxygen atoms in total. The third-order valence-electron chi connectivity index (χ3n) is 1.62. The Balaban J connectivity index is 2.17. The van der Waals surface area contributed by atoms with E-state index >= 15 is 0 Å². The zero-order valence-electron chi connectivity index (χ0n) is 6.22. The number of nitrogens with one attached hydrogen (secondary N) is 1. The summed E-state index contributed by atoms with van der Waals surface area (Å²) >= 11 is 0. The van der Waals surface area contributed by atoms with Gasteiger partial charge in [-0.25, -0.2) is 0 Å². The summed E-state index contributed by atoms with van der Waals surface area (Å²) in [6.07, 6.45) is 1.53. The Labute approximate surface area is 60.7 Å². The van der Waals surface area contributed by atoms with E-state index in [1.165, 1.54) is 0 Å². The molecule has 0 aromatic rings. The van der Waals surface area contributed by atoms with Crippen molar-refractivity contribution in [2.75, 3.05) is 13.2 Å². The van der Waals surface area contributed by atoms with Crippen LogP contribution in [0.3, 0.4) is 0 Å². The van der Waals surface area contributed by atoms with Gasteiger partial charge in [-0.3, -0.25) is 4.79 Å². The first-order valence-electron chi connectivity index (χ1n) is 3.70. The Morgan fingerprint density at radius 3 is 3.10 bits per heavy atom. The van der Waals surface area contributed by atoms with Crippen molar-refractivity contribution in [3.8, 4) is 0 Å². The number of rotatable bonds is 2. The molecule has 1 N–H and O–H groups in total. The minimum atomic E-state index is 0.121. The average Bonchev–Trinajstić information content (AvgIpc) is 2.40. The van der Waals surface area contributed by atoms with Gasteiger partial charge < -0.3 is 10.1 Å². The van der Waals surface area contributed by atoms with E-state index in [0.717, 1.165) is 13.0 Å². The molecule has 0 aromatic heterocycles. The molecule has 0 unspecified atom stereocenters. The zero-order valence-corrected chi connectivity index (χ0v) is 6.22. The molecule has 3 heteroatoms. The molecule has 0 aromatic carbocycles. The molecule has 0 saturated carbocycles. The topological polar surface area (TPSA) is 38.3 Å². The Hall–Kier alpha value is -0.570. The molecule has 58 valence electrons. The van der Waals surface area contributed by atoms with Crippen molar-refractivity contribution in [3.63, 3.8) is 0 Å². The quantitative estimate of drug-likeness (QED) is 0.603. The molecule has 1 atom stereocenters. The fraction of sp³-hybridized carbons (Fsp3) is 0.857. The minimum Gasteiger partial charge on any atom is -0.379 e. The van der Waals surface area contributed by atoms with Crippen LogP contribution in [0.25, 0.3) is 0 Å². The first kappa shape index (κ1) is 7.54. The Morgan fingerprint density at radius 2 is 2.60 bits per heavy atom. The van der Waals surface area contributed by atoms with Crippen molar-refractivity contribution < 1.29 is 9.53 Å². The van der Waals surface area contributed by atoms with Gasteiger partial charge in [0.15, 0.2) is 0 Å². The first-order chi connectivity index (χ1) is 4.83. The molecular formula is C7H13NO2. The van der Waals surface area contributed by atoms with Gasteiger partial charge >= 0.3 is 0 Å². The van der Waals surface area contributed by atoms with Crippen LogP contribution in [-0.2, 0) is 9.53 Å². The molecule has 0 bridgehead atoms. The van der Waals surface area contributed by atoms with Gasteiger partial charge in [0, 0.05) is 13.0 Å². The number of hydrogen-bond acceptors (Lipinski definition) is 2. The van der Waals surface area contributed by atoms with E-state index in [2.05, 4.69) is 5.32 Å². The standard InChI is InChI=1S/C7H13NO2/c1-2-7(9)8-6-3-4-10-5-6/h6H,2-5H2,1H3,(H,8,9)/t6-/m0/s1. The average molecular weight is 143 g/mol. The van der Waals surface area contributed by atoms with Crippen LogP contribution < -0.4 is 5.32 Å². The molecular weight excluding hydrogens is 130 g/mol. The number of carbonyl (C=O) groups excluding carboxylic acids is 1. The molecule has 10 heavy (non-hydrogen) atoms. The van der Waals surface area contributed by atoms with Crippen molar-refractivity contribution >= 4 is 5.91 Å². The number of carbonyl (C=O) groups is 1. The predicted octanol–water partition coefficient (Wildman–Crippen LogP) is 0.301. The number of ether oxygens (including phenoxy) is 1. The summed E-state index contributed by atoms with van der Waals surface area (Å²) in [5.74, 6) is 0.121. The highest BCUT2D eigenvalue weighted by molar-refractivity contribution is 5.75. The van der Waals surface area contributed by atoms with Gasteiger partial charge in [0.1, 0.15) is 0 Å².